The van der Waals surface area contributed by atoms with E-state index < -0.39 is 18.1 Å². The van der Waals surface area contributed by atoms with Crippen molar-refractivity contribution >= 4 is 23.7 Å². The Morgan fingerprint density at radius 1 is 0.933 bits per heavy atom. The highest BCUT2D eigenvalue weighted by molar-refractivity contribution is 6.31. The molecule has 4 rings (SSSR count). The molecule has 1 amide bonds. The molecule has 30 heavy (non-hydrogen) atoms. The van der Waals surface area contributed by atoms with Crippen molar-refractivity contribution in [2.24, 2.45) is 0 Å². The molecule has 0 aromatic heterocycles. The fourth-order valence-electron chi connectivity index (χ4n) is 3.87. The lowest BCUT2D eigenvalue weighted by molar-refractivity contribution is -0.139. The maximum atomic E-state index is 12.4. The summed E-state index contributed by atoms with van der Waals surface area (Å²) in [6, 6.07) is 21.9. The third kappa shape index (κ3) is 4.02. The van der Waals surface area contributed by atoms with Gasteiger partial charge in [-0.1, -0.05) is 78.3 Å². The van der Waals surface area contributed by atoms with E-state index in [2.05, 4.69) is 17.4 Å². The molecule has 0 saturated carbocycles. The van der Waals surface area contributed by atoms with E-state index in [-0.39, 0.29) is 18.9 Å². The van der Waals surface area contributed by atoms with Crippen molar-refractivity contribution in [3.05, 3.63) is 94.5 Å². The van der Waals surface area contributed by atoms with Gasteiger partial charge in [-0.15, -0.1) is 0 Å². The van der Waals surface area contributed by atoms with Crippen LogP contribution in [0.2, 0.25) is 5.02 Å². The van der Waals surface area contributed by atoms with Crippen molar-refractivity contribution in [3.8, 4) is 11.1 Å². The predicted molar refractivity (Wildman–Crippen MR) is 115 cm³/mol. The lowest BCUT2D eigenvalue weighted by atomic mass is 9.98. The molecular formula is C24H20ClNO4. The highest BCUT2D eigenvalue weighted by Crippen LogP contribution is 2.44. The molecule has 1 unspecified atom stereocenters. The highest BCUT2D eigenvalue weighted by atomic mass is 35.5. The fourth-order valence-corrected chi connectivity index (χ4v) is 4.08. The van der Waals surface area contributed by atoms with Gasteiger partial charge in [0, 0.05) is 17.4 Å². The van der Waals surface area contributed by atoms with E-state index in [1.165, 1.54) is 0 Å². The van der Waals surface area contributed by atoms with Gasteiger partial charge in [-0.2, -0.15) is 0 Å². The van der Waals surface area contributed by atoms with Crippen LogP contribution in [0.15, 0.2) is 72.8 Å². The van der Waals surface area contributed by atoms with Crippen molar-refractivity contribution in [2.75, 3.05) is 6.61 Å². The Hall–Kier alpha value is -3.31. The highest BCUT2D eigenvalue weighted by Gasteiger charge is 2.29. The number of carbonyl (C=O) groups excluding carboxylic acids is 1. The van der Waals surface area contributed by atoms with Crippen LogP contribution in [0.5, 0.6) is 0 Å². The maximum Gasteiger partial charge on any atom is 0.407 e. The number of carboxylic acid groups (broad SMARTS) is 1. The van der Waals surface area contributed by atoms with Crippen LogP contribution in [0.1, 0.15) is 22.6 Å². The largest absolute Gasteiger partial charge is 0.480 e. The number of carboxylic acids is 1. The zero-order valence-electron chi connectivity index (χ0n) is 16.0. The first kappa shape index (κ1) is 20.0. The van der Waals surface area contributed by atoms with E-state index in [9.17, 15) is 14.7 Å². The van der Waals surface area contributed by atoms with Gasteiger partial charge in [-0.3, -0.25) is 0 Å². The summed E-state index contributed by atoms with van der Waals surface area (Å²) in [5, 5.41) is 12.4. The number of carbonyl (C=O) groups is 2. The summed E-state index contributed by atoms with van der Waals surface area (Å²) in [6.45, 7) is 0.123. The summed E-state index contributed by atoms with van der Waals surface area (Å²) in [4.78, 5) is 24.0. The number of fused-ring (bicyclic) bond motifs is 3. The van der Waals surface area contributed by atoms with Crippen LogP contribution in [0.3, 0.4) is 0 Å². The van der Waals surface area contributed by atoms with Crippen molar-refractivity contribution in [1.82, 2.24) is 5.32 Å². The summed E-state index contributed by atoms with van der Waals surface area (Å²) < 4.78 is 5.44. The second-order valence-electron chi connectivity index (χ2n) is 7.16. The number of aliphatic carboxylic acids is 1. The third-order valence-corrected chi connectivity index (χ3v) is 5.68. The van der Waals surface area contributed by atoms with Crippen LogP contribution in [0, 0.1) is 0 Å². The van der Waals surface area contributed by atoms with Gasteiger partial charge in [0.1, 0.15) is 12.6 Å². The molecule has 1 aliphatic rings. The summed E-state index contributed by atoms with van der Waals surface area (Å²) in [5.74, 6) is -1.24. The standard InChI is InChI=1S/C24H20ClNO4/c25-21-12-6-1-7-15(21)13-22(23(27)28)26-24(29)30-14-20-18-10-4-2-8-16(18)17-9-3-5-11-19(17)20/h1-12,20,22H,13-14H2,(H,26,29)(H,27,28). The van der Waals surface area contributed by atoms with Gasteiger partial charge < -0.3 is 15.2 Å². The Kier molecular flexibility index (Phi) is 5.72. The first-order valence-corrected chi connectivity index (χ1v) is 10.00. The molecule has 1 atom stereocenters. The molecular weight excluding hydrogens is 402 g/mol. The third-order valence-electron chi connectivity index (χ3n) is 5.32. The van der Waals surface area contributed by atoms with Gasteiger partial charge in [-0.05, 0) is 33.9 Å². The molecule has 152 valence electrons. The van der Waals surface area contributed by atoms with Crippen LogP contribution in [0.4, 0.5) is 4.79 Å². The second-order valence-corrected chi connectivity index (χ2v) is 7.56. The quantitative estimate of drug-likeness (QED) is 0.595. The fraction of sp³-hybridized carbons (Fsp3) is 0.167. The maximum absolute atomic E-state index is 12.4. The van der Waals surface area contributed by atoms with Crippen LogP contribution in [-0.2, 0) is 16.0 Å². The van der Waals surface area contributed by atoms with Gasteiger partial charge in [-0.25, -0.2) is 9.59 Å². The van der Waals surface area contributed by atoms with E-state index in [0.29, 0.717) is 10.6 Å². The lowest BCUT2D eigenvalue weighted by Crippen LogP contribution is -2.43. The van der Waals surface area contributed by atoms with Crippen molar-refractivity contribution in [2.45, 2.75) is 18.4 Å². The summed E-state index contributed by atoms with van der Waals surface area (Å²) in [6.07, 6.45) is -0.699. The topological polar surface area (TPSA) is 75.6 Å². The minimum absolute atomic E-state index is 0.0687. The zero-order chi connectivity index (χ0) is 21.1. The van der Waals surface area contributed by atoms with Gasteiger partial charge >= 0.3 is 12.1 Å². The molecule has 0 bridgehead atoms. The van der Waals surface area contributed by atoms with E-state index in [4.69, 9.17) is 16.3 Å². The van der Waals surface area contributed by atoms with Gasteiger partial charge in [0.25, 0.3) is 0 Å². The Labute approximate surface area is 179 Å². The molecule has 0 spiro atoms. The van der Waals surface area contributed by atoms with Crippen LogP contribution < -0.4 is 5.32 Å². The number of benzene rings is 3. The Balaban J connectivity index is 1.44. The molecule has 5 nitrogen and oxygen atoms in total. The number of ether oxygens (including phenoxy) is 1. The molecule has 0 fully saturated rings. The first-order chi connectivity index (χ1) is 14.5. The lowest BCUT2D eigenvalue weighted by Gasteiger charge is -2.18. The number of rotatable bonds is 6. The van der Waals surface area contributed by atoms with Crippen LogP contribution in [-0.4, -0.2) is 29.8 Å². The van der Waals surface area contributed by atoms with Crippen LogP contribution in [0.25, 0.3) is 11.1 Å². The summed E-state index contributed by atoms with van der Waals surface area (Å²) in [7, 11) is 0. The van der Waals surface area contributed by atoms with E-state index in [1.807, 2.05) is 36.4 Å². The Morgan fingerprint density at radius 3 is 2.10 bits per heavy atom. The molecule has 0 radical (unpaired) electrons. The summed E-state index contributed by atoms with van der Waals surface area (Å²) >= 11 is 6.12. The SMILES string of the molecule is O=C(NC(Cc1ccccc1Cl)C(=O)O)OCC1c2ccccc2-c2ccccc21. The van der Waals surface area contributed by atoms with E-state index in [1.54, 1.807) is 24.3 Å². The number of alkyl carbamates (subject to hydrolysis) is 1. The average molecular weight is 422 g/mol. The number of hydrogen-bond donors (Lipinski definition) is 2. The van der Waals surface area contributed by atoms with Crippen molar-refractivity contribution in [1.29, 1.82) is 0 Å². The Bertz CT molecular complexity index is 1050. The van der Waals surface area contributed by atoms with Gasteiger partial charge in [0.2, 0.25) is 0 Å². The zero-order valence-corrected chi connectivity index (χ0v) is 16.8. The van der Waals surface area contributed by atoms with Crippen molar-refractivity contribution in [3.63, 3.8) is 0 Å². The number of hydrogen-bond acceptors (Lipinski definition) is 3. The minimum atomic E-state index is -1.15. The minimum Gasteiger partial charge on any atom is -0.480 e. The second kappa shape index (κ2) is 8.59. The van der Waals surface area contributed by atoms with Gasteiger partial charge in [0.15, 0.2) is 0 Å². The molecule has 0 saturated heterocycles. The molecule has 3 aromatic rings. The molecule has 3 aromatic carbocycles. The monoisotopic (exact) mass is 421 g/mol. The smallest absolute Gasteiger partial charge is 0.407 e. The molecule has 0 heterocycles. The molecule has 2 N–H and O–H groups in total. The number of amides is 1. The van der Waals surface area contributed by atoms with Crippen LogP contribution >= 0.6 is 11.6 Å². The molecule has 0 aliphatic heterocycles. The molecule has 1 aliphatic carbocycles. The Morgan fingerprint density at radius 2 is 1.50 bits per heavy atom. The summed E-state index contributed by atoms with van der Waals surface area (Å²) in [5.41, 5.74) is 5.09. The van der Waals surface area contributed by atoms with Crippen molar-refractivity contribution < 1.29 is 19.4 Å². The number of halogens is 1. The van der Waals surface area contributed by atoms with E-state index >= 15 is 0 Å². The van der Waals surface area contributed by atoms with E-state index in [0.717, 1.165) is 22.3 Å². The molecule has 6 heteroatoms. The average Bonchev–Trinajstić information content (AvgIpc) is 3.07. The number of nitrogens with one attached hydrogen (secondary N) is 1. The first-order valence-electron chi connectivity index (χ1n) is 9.62. The van der Waals surface area contributed by atoms with Gasteiger partial charge in [0.05, 0.1) is 0 Å². The predicted octanol–water partition coefficient (Wildman–Crippen LogP) is 4.87. The normalized spacial score (nSPS) is 13.2.